The van der Waals surface area contributed by atoms with Gasteiger partial charge in [0.05, 0.1) is 6.04 Å². The summed E-state index contributed by atoms with van der Waals surface area (Å²) in [5, 5.41) is 2.10. The van der Waals surface area contributed by atoms with E-state index in [0.717, 1.165) is 13.0 Å². The molecule has 3 rings (SSSR count). The third-order valence-corrected chi connectivity index (χ3v) is 4.15. The predicted molar refractivity (Wildman–Crippen MR) is 55.1 cm³/mol. The Labute approximate surface area is 86.5 Å². The van der Waals surface area contributed by atoms with E-state index in [1.165, 1.54) is 10.4 Å². The molecule has 2 N–H and O–H groups in total. The van der Waals surface area contributed by atoms with Crippen LogP contribution in [0.1, 0.15) is 22.9 Å². The molecule has 2 atom stereocenters. The first-order chi connectivity index (χ1) is 6.77. The monoisotopic (exact) mass is 208 g/mol. The molecular weight excluding hydrogens is 196 g/mol. The summed E-state index contributed by atoms with van der Waals surface area (Å²) in [6.45, 7) is 0.852. The Bertz CT molecular complexity index is 387. The third-order valence-electron chi connectivity index (χ3n) is 3.15. The molecule has 1 aromatic heterocycles. The summed E-state index contributed by atoms with van der Waals surface area (Å²) in [4.78, 5) is 15.0. The van der Waals surface area contributed by atoms with Crippen LogP contribution >= 0.6 is 11.3 Å². The molecule has 74 valence electrons. The van der Waals surface area contributed by atoms with Gasteiger partial charge in [0.1, 0.15) is 0 Å². The molecule has 2 unspecified atom stereocenters. The van der Waals surface area contributed by atoms with E-state index in [4.69, 9.17) is 5.73 Å². The van der Waals surface area contributed by atoms with Crippen molar-refractivity contribution in [2.24, 2.45) is 5.73 Å². The standard InChI is InChI=1S/C10H12N2OS/c11-7-5-9(13)12-3-1-8-6(10(7)12)2-4-14-8/h2,4,7,10H,1,3,5,11H2. The van der Waals surface area contributed by atoms with Gasteiger partial charge in [0, 0.05) is 23.9 Å². The van der Waals surface area contributed by atoms with Gasteiger partial charge in [-0.05, 0) is 23.4 Å². The zero-order chi connectivity index (χ0) is 9.71. The zero-order valence-corrected chi connectivity index (χ0v) is 8.59. The maximum atomic E-state index is 11.6. The number of nitrogens with two attached hydrogens (primary N) is 1. The van der Waals surface area contributed by atoms with E-state index in [2.05, 4.69) is 11.4 Å². The van der Waals surface area contributed by atoms with Crippen molar-refractivity contribution in [3.63, 3.8) is 0 Å². The van der Waals surface area contributed by atoms with Crippen LogP contribution in [-0.4, -0.2) is 23.4 Å². The van der Waals surface area contributed by atoms with Crippen LogP contribution in [0.2, 0.25) is 0 Å². The van der Waals surface area contributed by atoms with E-state index in [-0.39, 0.29) is 18.0 Å². The lowest BCUT2D eigenvalue weighted by molar-refractivity contribution is -0.129. The van der Waals surface area contributed by atoms with Crippen LogP contribution in [0.5, 0.6) is 0 Å². The van der Waals surface area contributed by atoms with Crippen LogP contribution in [-0.2, 0) is 11.2 Å². The minimum atomic E-state index is -0.00356. The zero-order valence-electron chi connectivity index (χ0n) is 7.77. The Morgan fingerprint density at radius 2 is 2.43 bits per heavy atom. The quantitative estimate of drug-likeness (QED) is 0.688. The topological polar surface area (TPSA) is 46.3 Å². The van der Waals surface area contributed by atoms with Crippen molar-refractivity contribution in [2.75, 3.05) is 6.54 Å². The summed E-state index contributed by atoms with van der Waals surface area (Å²) in [5.74, 6) is 0.222. The molecule has 0 radical (unpaired) electrons. The Kier molecular flexibility index (Phi) is 1.69. The normalized spacial score (nSPS) is 30.4. The second kappa shape index (κ2) is 2.81. The number of thiophene rings is 1. The third kappa shape index (κ3) is 0.980. The fourth-order valence-corrected chi connectivity index (χ4v) is 3.43. The molecule has 2 aliphatic heterocycles. The number of hydrogen-bond acceptors (Lipinski definition) is 3. The lowest BCUT2D eigenvalue weighted by atomic mass is 9.97. The number of carbonyl (C=O) groups is 1. The second-order valence-electron chi connectivity index (χ2n) is 3.95. The highest BCUT2D eigenvalue weighted by molar-refractivity contribution is 7.10. The molecule has 0 spiro atoms. The van der Waals surface area contributed by atoms with E-state index < -0.39 is 0 Å². The first kappa shape index (κ1) is 8.44. The van der Waals surface area contributed by atoms with Crippen molar-refractivity contribution in [1.82, 2.24) is 4.90 Å². The second-order valence-corrected chi connectivity index (χ2v) is 4.95. The summed E-state index contributed by atoms with van der Waals surface area (Å²) in [5.41, 5.74) is 7.29. The number of carbonyl (C=O) groups excluding carboxylic acids is 1. The van der Waals surface area contributed by atoms with Gasteiger partial charge in [-0.3, -0.25) is 4.79 Å². The highest BCUT2D eigenvalue weighted by Crippen LogP contribution is 2.39. The van der Waals surface area contributed by atoms with E-state index in [0.29, 0.717) is 6.42 Å². The largest absolute Gasteiger partial charge is 0.334 e. The molecule has 2 aliphatic rings. The number of nitrogens with zero attached hydrogens (tertiary/aromatic N) is 1. The molecule has 3 heterocycles. The molecule has 1 fully saturated rings. The van der Waals surface area contributed by atoms with Crippen LogP contribution in [0.15, 0.2) is 11.4 Å². The van der Waals surface area contributed by atoms with E-state index in [1.54, 1.807) is 11.3 Å². The van der Waals surface area contributed by atoms with Gasteiger partial charge in [0.2, 0.25) is 5.91 Å². The van der Waals surface area contributed by atoms with Crippen molar-refractivity contribution in [1.29, 1.82) is 0 Å². The van der Waals surface area contributed by atoms with E-state index >= 15 is 0 Å². The molecule has 1 amide bonds. The average Bonchev–Trinajstić information content (AvgIpc) is 2.71. The predicted octanol–water partition coefficient (Wildman–Crippen LogP) is 0.905. The van der Waals surface area contributed by atoms with Crippen LogP contribution in [0.3, 0.4) is 0 Å². The molecular formula is C10H12N2OS. The molecule has 1 saturated heterocycles. The summed E-state index contributed by atoms with van der Waals surface area (Å²) >= 11 is 1.78. The van der Waals surface area contributed by atoms with Crippen LogP contribution in [0, 0.1) is 0 Å². The maximum Gasteiger partial charge on any atom is 0.224 e. The summed E-state index contributed by atoms with van der Waals surface area (Å²) in [7, 11) is 0. The molecule has 0 aromatic carbocycles. The number of fused-ring (bicyclic) bond motifs is 3. The van der Waals surface area contributed by atoms with Gasteiger partial charge in [0.15, 0.2) is 0 Å². The highest BCUT2D eigenvalue weighted by Gasteiger charge is 2.41. The van der Waals surface area contributed by atoms with Crippen molar-refractivity contribution in [3.8, 4) is 0 Å². The molecule has 0 bridgehead atoms. The van der Waals surface area contributed by atoms with Gasteiger partial charge in [0.25, 0.3) is 0 Å². The van der Waals surface area contributed by atoms with E-state index in [1.807, 2.05) is 4.90 Å². The Morgan fingerprint density at radius 3 is 3.29 bits per heavy atom. The number of rotatable bonds is 0. The van der Waals surface area contributed by atoms with E-state index in [9.17, 15) is 4.79 Å². The lowest BCUT2D eigenvalue weighted by Crippen LogP contribution is -2.37. The number of hydrogen-bond donors (Lipinski definition) is 1. The van der Waals surface area contributed by atoms with Crippen molar-refractivity contribution < 1.29 is 4.79 Å². The smallest absolute Gasteiger partial charge is 0.224 e. The van der Waals surface area contributed by atoms with Gasteiger partial charge >= 0.3 is 0 Å². The molecule has 4 heteroatoms. The van der Waals surface area contributed by atoms with Gasteiger partial charge in [-0.2, -0.15) is 0 Å². The van der Waals surface area contributed by atoms with Gasteiger partial charge < -0.3 is 10.6 Å². The van der Waals surface area contributed by atoms with Gasteiger partial charge in [-0.15, -0.1) is 11.3 Å². The SMILES string of the molecule is NC1CC(=O)N2CCc3sccc3C12. The Morgan fingerprint density at radius 1 is 1.57 bits per heavy atom. The van der Waals surface area contributed by atoms with Crippen LogP contribution < -0.4 is 5.73 Å². The summed E-state index contributed by atoms with van der Waals surface area (Å²) < 4.78 is 0. The van der Waals surface area contributed by atoms with Gasteiger partial charge in [-0.25, -0.2) is 0 Å². The maximum absolute atomic E-state index is 11.6. The lowest BCUT2D eigenvalue weighted by Gasteiger charge is -2.31. The fourth-order valence-electron chi connectivity index (χ4n) is 2.52. The summed E-state index contributed by atoms with van der Waals surface area (Å²) in [6, 6.07) is 2.28. The van der Waals surface area contributed by atoms with Crippen molar-refractivity contribution in [3.05, 3.63) is 21.9 Å². The minimum Gasteiger partial charge on any atom is -0.334 e. The Balaban J connectivity index is 2.08. The van der Waals surface area contributed by atoms with Crippen LogP contribution in [0.25, 0.3) is 0 Å². The molecule has 14 heavy (non-hydrogen) atoms. The first-order valence-corrected chi connectivity index (χ1v) is 5.76. The number of amides is 1. The minimum absolute atomic E-state index is 0.00356. The summed E-state index contributed by atoms with van der Waals surface area (Å²) in [6.07, 6.45) is 1.52. The first-order valence-electron chi connectivity index (χ1n) is 4.88. The fraction of sp³-hybridized carbons (Fsp3) is 0.500. The molecule has 0 saturated carbocycles. The highest BCUT2D eigenvalue weighted by atomic mass is 32.1. The molecule has 0 aliphatic carbocycles. The van der Waals surface area contributed by atoms with Gasteiger partial charge in [-0.1, -0.05) is 0 Å². The van der Waals surface area contributed by atoms with Crippen LogP contribution in [0.4, 0.5) is 0 Å². The van der Waals surface area contributed by atoms with Crippen molar-refractivity contribution >= 4 is 17.2 Å². The van der Waals surface area contributed by atoms with Crippen molar-refractivity contribution in [2.45, 2.75) is 24.9 Å². The Hall–Kier alpha value is -0.870. The average molecular weight is 208 g/mol. The molecule has 1 aromatic rings. The molecule has 3 nitrogen and oxygen atoms in total.